The Bertz CT molecular complexity index is 757. The summed E-state index contributed by atoms with van der Waals surface area (Å²) < 4.78 is 1.86. The Morgan fingerprint density at radius 2 is 2.00 bits per heavy atom. The molecule has 1 saturated carbocycles. The molecular weight excluding hydrogens is 306 g/mol. The largest absolute Gasteiger partial charge is 0.298 e. The van der Waals surface area contributed by atoms with E-state index in [1.807, 2.05) is 4.40 Å². The molecule has 0 N–H and O–H groups in total. The van der Waals surface area contributed by atoms with Crippen molar-refractivity contribution < 1.29 is 0 Å². The molecule has 0 unspecified atom stereocenters. The van der Waals surface area contributed by atoms with Crippen molar-refractivity contribution in [3.63, 3.8) is 0 Å². The molecule has 2 aromatic rings. The molecule has 2 aliphatic carbocycles. The minimum Gasteiger partial charge on any atom is -0.298 e. The Labute approximate surface area is 141 Å². The van der Waals surface area contributed by atoms with Crippen LogP contribution in [0.3, 0.4) is 0 Å². The zero-order valence-corrected chi connectivity index (χ0v) is 14.7. The van der Waals surface area contributed by atoms with Crippen LogP contribution in [0.4, 0.5) is 0 Å². The fraction of sp³-hybridized carbons (Fsp3) is 0.667. The predicted molar refractivity (Wildman–Crippen MR) is 94.3 cm³/mol. The van der Waals surface area contributed by atoms with E-state index in [0.29, 0.717) is 6.04 Å². The first kappa shape index (κ1) is 15.3. The average Bonchev–Trinajstić information content (AvgIpc) is 2.94. The molecule has 0 saturated heterocycles. The maximum atomic E-state index is 12.6. The smallest absolute Gasteiger partial charge is 0.259 e. The van der Waals surface area contributed by atoms with Crippen LogP contribution in [0.1, 0.15) is 61.2 Å². The third-order valence-corrected chi connectivity index (χ3v) is 6.57. The Hall–Kier alpha value is -1.20. The third-order valence-electron chi connectivity index (χ3n) is 5.42. The van der Waals surface area contributed by atoms with Crippen LogP contribution in [0.15, 0.2) is 10.9 Å². The summed E-state index contributed by atoms with van der Waals surface area (Å²) in [6.07, 6.45) is 11.2. The number of hydrogen-bond donors (Lipinski definition) is 0. The van der Waals surface area contributed by atoms with Crippen molar-refractivity contribution >= 4 is 16.3 Å². The molecule has 0 amide bonds. The van der Waals surface area contributed by atoms with Crippen molar-refractivity contribution in [2.45, 2.75) is 70.4 Å². The second kappa shape index (κ2) is 6.36. The van der Waals surface area contributed by atoms with Gasteiger partial charge in [-0.2, -0.15) is 0 Å². The molecule has 4 rings (SSSR count). The number of aromatic nitrogens is 2. The Morgan fingerprint density at radius 3 is 2.83 bits per heavy atom. The SMILES string of the molecule is CN(Cc1cc(=O)n2c3c(sc2n1)CCCC3)C1CCCCC1. The van der Waals surface area contributed by atoms with Gasteiger partial charge in [-0.1, -0.05) is 19.3 Å². The van der Waals surface area contributed by atoms with E-state index in [0.717, 1.165) is 30.0 Å². The Morgan fingerprint density at radius 1 is 1.22 bits per heavy atom. The van der Waals surface area contributed by atoms with E-state index in [2.05, 4.69) is 11.9 Å². The summed E-state index contributed by atoms with van der Waals surface area (Å²) in [5, 5.41) is 0. The molecule has 2 heterocycles. The van der Waals surface area contributed by atoms with Crippen molar-refractivity contribution in [2.24, 2.45) is 0 Å². The Kier molecular flexibility index (Phi) is 4.24. The van der Waals surface area contributed by atoms with E-state index in [-0.39, 0.29) is 5.56 Å². The van der Waals surface area contributed by atoms with Gasteiger partial charge in [-0.15, -0.1) is 11.3 Å². The van der Waals surface area contributed by atoms with Gasteiger partial charge in [-0.25, -0.2) is 4.98 Å². The van der Waals surface area contributed by atoms with Crippen molar-refractivity contribution in [3.05, 3.63) is 32.7 Å². The summed E-state index contributed by atoms with van der Waals surface area (Å²) >= 11 is 1.72. The van der Waals surface area contributed by atoms with Crippen LogP contribution < -0.4 is 5.56 Å². The van der Waals surface area contributed by atoms with Gasteiger partial charge in [-0.05, 0) is 45.6 Å². The summed E-state index contributed by atoms with van der Waals surface area (Å²) in [7, 11) is 2.18. The lowest BCUT2D eigenvalue weighted by molar-refractivity contribution is 0.183. The fourth-order valence-corrected chi connectivity index (χ4v) is 5.36. The van der Waals surface area contributed by atoms with E-state index in [9.17, 15) is 4.79 Å². The standard InChI is InChI=1S/C18H25N3OS/c1-20(14-7-3-2-4-8-14)12-13-11-17(22)21-15-9-5-6-10-16(15)23-18(21)19-13/h11,14H,2-10,12H2,1H3. The molecule has 4 nitrogen and oxygen atoms in total. The van der Waals surface area contributed by atoms with Crippen molar-refractivity contribution in [1.82, 2.24) is 14.3 Å². The number of fused-ring (bicyclic) bond motifs is 3. The molecule has 0 aromatic carbocycles. The topological polar surface area (TPSA) is 37.6 Å². The molecule has 23 heavy (non-hydrogen) atoms. The van der Waals surface area contributed by atoms with Crippen LogP contribution in [-0.4, -0.2) is 27.4 Å². The minimum atomic E-state index is 0.112. The molecule has 0 bridgehead atoms. The van der Waals surface area contributed by atoms with E-state index < -0.39 is 0 Å². The van der Waals surface area contributed by atoms with Crippen LogP contribution in [0.5, 0.6) is 0 Å². The lowest BCUT2D eigenvalue weighted by atomic mass is 9.94. The average molecular weight is 331 g/mol. The van der Waals surface area contributed by atoms with Gasteiger partial charge in [-0.3, -0.25) is 14.1 Å². The highest BCUT2D eigenvalue weighted by atomic mass is 32.1. The first-order valence-electron chi connectivity index (χ1n) is 8.96. The van der Waals surface area contributed by atoms with Crippen LogP contribution in [0.25, 0.3) is 4.96 Å². The van der Waals surface area contributed by atoms with Crippen molar-refractivity contribution in [1.29, 1.82) is 0 Å². The minimum absolute atomic E-state index is 0.112. The predicted octanol–water partition coefficient (Wildman–Crippen LogP) is 3.40. The van der Waals surface area contributed by atoms with Crippen molar-refractivity contribution in [2.75, 3.05) is 7.05 Å². The van der Waals surface area contributed by atoms with Gasteiger partial charge in [0.2, 0.25) is 0 Å². The van der Waals surface area contributed by atoms with Gasteiger partial charge in [0.05, 0.1) is 5.69 Å². The van der Waals surface area contributed by atoms with Gasteiger partial charge >= 0.3 is 0 Å². The zero-order chi connectivity index (χ0) is 15.8. The lowest BCUT2D eigenvalue weighted by Gasteiger charge is -2.30. The molecule has 5 heteroatoms. The highest BCUT2D eigenvalue weighted by Crippen LogP contribution is 2.28. The van der Waals surface area contributed by atoms with E-state index in [1.165, 1.54) is 55.5 Å². The van der Waals surface area contributed by atoms with Gasteiger partial charge in [0.1, 0.15) is 0 Å². The highest BCUT2D eigenvalue weighted by molar-refractivity contribution is 7.17. The van der Waals surface area contributed by atoms with Crippen molar-refractivity contribution in [3.8, 4) is 0 Å². The Balaban J connectivity index is 1.62. The summed E-state index contributed by atoms with van der Waals surface area (Å²) in [5.41, 5.74) is 2.27. The summed E-state index contributed by atoms with van der Waals surface area (Å²) in [5.74, 6) is 0. The maximum absolute atomic E-state index is 12.6. The lowest BCUT2D eigenvalue weighted by Crippen LogP contribution is -2.33. The third kappa shape index (κ3) is 2.96. The summed E-state index contributed by atoms with van der Waals surface area (Å²) in [4.78, 5) is 22.1. The molecule has 2 aliphatic rings. The second-order valence-electron chi connectivity index (χ2n) is 7.09. The van der Waals surface area contributed by atoms with E-state index >= 15 is 0 Å². The van der Waals surface area contributed by atoms with Gasteiger partial charge in [0.15, 0.2) is 4.96 Å². The van der Waals surface area contributed by atoms with Crippen LogP contribution in [0.2, 0.25) is 0 Å². The summed E-state index contributed by atoms with van der Waals surface area (Å²) in [6.45, 7) is 0.791. The van der Waals surface area contributed by atoms with Crippen LogP contribution >= 0.6 is 11.3 Å². The molecule has 0 aliphatic heterocycles. The van der Waals surface area contributed by atoms with Gasteiger partial charge in [0.25, 0.3) is 5.56 Å². The molecule has 0 radical (unpaired) electrons. The quantitative estimate of drug-likeness (QED) is 0.865. The number of nitrogens with zero attached hydrogens (tertiary/aromatic N) is 3. The van der Waals surface area contributed by atoms with E-state index in [1.54, 1.807) is 17.4 Å². The first-order valence-corrected chi connectivity index (χ1v) is 9.77. The molecule has 0 atom stereocenters. The molecule has 2 aromatic heterocycles. The molecular formula is C18H25N3OS. The second-order valence-corrected chi connectivity index (χ2v) is 8.15. The maximum Gasteiger partial charge on any atom is 0.259 e. The molecule has 1 fully saturated rings. The van der Waals surface area contributed by atoms with Gasteiger partial charge < -0.3 is 0 Å². The van der Waals surface area contributed by atoms with Gasteiger partial charge in [0, 0.05) is 29.2 Å². The fourth-order valence-electron chi connectivity index (χ4n) is 4.13. The zero-order valence-electron chi connectivity index (χ0n) is 13.9. The molecule has 124 valence electrons. The molecule has 0 spiro atoms. The number of thiazole rings is 1. The van der Waals surface area contributed by atoms with Crippen LogP contribution in [-0.2, 0) is 19.4 Å². The number of aryl methyl sites for hydroxylation is 2. The number of hydrogen-bond acceptors (Lipinski definition) is 4. The summed E-state index contributed by atoms with van der Waals surface area (Å²) in [6, 6.07) is 2.41. The van der Waals surface area contributed by atoms with E-state index in [4.69, 9.17) is 4.98 Å². The highest BCUT2D eigenvalue weighted by Gasteiger charge is 2.21. The normalized spacial score (nSPS) is 19.4. The first-order chi connectivity index (χ1) is 11.2. The van der Waals surface area contributed by atoms with Crippen LogP contribution in [0, 0.1) is 0 Å². The number of rotatable bonds is 3. The monoisotopic (exact) mass is 331 g/mol.